The average molecular weight is 209 g/mol. The molecule has 0 amide bonds. The van der Waals surface area contributed by atoms with Crippen LogP contribution >= 0.6 is 0 Å². The van der Waals surface area contributed by atoms with Crippen LogP contribution in [0.5, 0.6) is 0 Å². The van der Waals surface area contributed by atoms with Crippen molar-refractivity contribution in [1.29, 1.82) is 0 Å². The van der Waals surface area contributed by atoms with E-state index in [9.17, 15) is 0 Å². The summed E-state index contributed by atoms with van der Waals surface area (Å²) in [5.74, 6) is 2.08. The molecule has 2 rings (SSSR count). The number of rotatable bonds is 5. The lowest BCUT2D eigenvalue weighted by Gasteiger charge is -2.32. The average Bonchev–Trinajstić information content (AvgIpc) is 2.19. The van der Waals surface area contributed by atoms with Gasteiger partial charge in [-0.3, -0.25) is 0 Å². The van der Waals surface area contributed by atoms with Gasteiger partial charge in [-0.25, -0.2) is 0 Å². The van der Waals surface area contributed by atoms with Crippen molar-refractivity contribution in [3.63, 3.8) is 0 Å². The second-order valence-electron chi connectivity index (χ2n) is 5.71. The van der Waals surface area contributed by atoms with E-state index in [-0.39, 0.29) is 0 Å². The van der Waals surface area contributed by atoms with Crippen molar-refractivity contribution in [3.8, 4) is 0 Å². The second kappa shape index (κ2) is 5.89. The maximum absolute atomic E-state index is 3.79. The quantitative estimate of drug-likeness (QED) is 0.727. The molecular formula is C14H27N. The largest absolute Gasteiger partial charge is 0.314 e. The van der Waals surface area contributed by atoms with Crippen molar-refractivity contribution in [1.82, 2.24) is 5.32 Å². The van der Waals surface area contributed by atoms with Crippen molar-refractivity contribution < 1.29 is 0 Å². The predicted octanol–water partition coefficient (Wildman–Crippen LogP) is 3.74. The van der Waals surface area contributed by atoms with Crippen LogP contribution in [0, 0.1) is 11.8 Å². The number of nitrogens with one attached hydrogen (secondary N) is 1. The molecule has 1 nitrogen and oxygen atoms in total. The molecule has 0 unspecified atom stereocenters. The summed E-state index contributed by atoms with van der Waals surface area (Å²) >= 11 is 0. The summed E-state index contributed by atoms with van der Waals surface area (Å²) in [6, 6.07) is 0.860. The first-order valence-electron chi connectivity index (χ1n) is 7.12. The van der Waals surface area contributed by atoms with E-state index >= 15 is 0 Å². The highest BCUT2D eigenvalue weighted by Crippen LogP contribution is 2.29. The van der Waals surface area contributed by atoms with Gasteiger partial charge in [-0.15, -0.1) is 0 Å². The van der Waals surface area contributed by atoms with E-state index in [0.717, 1.165) is 17.9 Å². The molecule has 1 heteroatoms. The molecule has 0 aromatic carbocycles. The third-order valence-corrected chi connectivity index (χ3v) is 4.46. The summed E-state index contributed by atoms with van der Waals surface area (Å²) in [6.07, 6.45) is 13.1. The Bertz CT molecular complexity index is 166. The fourth-order valence-corrected chi connectivity index (χ4v) is 3.09. The first-order valence-corrected chi connectivity index (χ1v) is 7.12. The minimum atomic E-state index is 0.860. The maximum Gasteiger partial charge on any atom is 0.00673 e. The summed E-state index contributed by atoms with van der Waals surface area (Å²) < 4.78 is 0. The van der Waals surface area contributed by atoms with E-state index in [4.69, 9.17) is 0 Å². The first-order chi connectivity index (χ1) is 7.38. The summed E-state index contributed by atoms with van der Waals surface area (Å²) in [5, 5.41) is 3.79. The molecule has 2 fully saturated rings. The lowest BCUT2D eigenvalue weighted by atomic mass is 9.82. The molecule has 0 atom stereocenters. The van der Waals surface area contributed by atoms with Crippen LogP contribution in [0.3, 0.4) is 0 Å². The molecule has 0 spiro atoms. The van der Waals surface area contributed by atoms with Gasteiger partial charge in [-0.1, -0.05) is 26.2 Å². The third kappa shape index (κ3) is 3.48. The molecule has 0 heterocycles. The van der Waals surface area contributed by atoms with Crippen LogP contribution in [-0.2, 0) is 0 Å². The van der Waals surface area contributed by atoms with Gasteiger partial charge in [0.1, 0.15) is 0 Å². The Balaban J connectivity index is 1.56. The van der Waals surface area contributed by atoms with Gasteiger partial charge in [0, 0.05) is 6.04 Å². The van der Waals surface area contributed by atoms with E-state index in [1.54, 1.807) is 0 Å². The van der Waals surface area contributed by atoms with Crippen LogP contribution in [-0.4, -0.2) is 12.6 Å². The molecular weight excluding hydrogens is 182 g/mol. The van der Waals surface area contributed by atoms with Gasteiger partial charge < -0.3 is 5.32 Å². The van der Waals surface area contributed by atoms with Crippen LogP contribution in [0.4, 0.5) is 0 Å². The lowest BCUT2D eigenvalue weighted by molar-refractivity contribution is 0.242. The van der Waals surface area contributed by atoms with Gasteiger partial charge in [-0.2, -0.15) is 0 Å². The van der Waals surface area contributed by atoms with Crippen LogP contribution in [0.2, 0.25) is 0 Å². The van der Waals surface area contributed by atoms with Gasteiger partial charge in [0.2, 0.25) is 0 Å². The Hall–Kier alpha value is -0.0400. The van der Waals surface area contributed by atoms with Crippen LogP contribution in [0.25, 0.3) is 0 Å². The predicted molar refractivity (Wildman–Crippen MR) is 66.0 cm³/mol. The molecule has 2 aliphatic rings. The molecule has 0 radical (unpaired) electrons. The highest BCUT2D eigenvalue weighted by Gasteiger charge is 2.22. The van der Waals surface area contributed by atoms with Gasteiger partial charge >= 0.3 is 0 Å². The van der Waals surface area contributed by atoms with Crippen molar-refractivity contribution in [2.45, 2.75) is 70.8 Å². The molecule has 0 aromatic rings. The summed E-state index contributed by atoms with van der Waals surface area (Å²) in [5.41, 5.74) is 0. The summed E-state index contributed by atoms with van der Waals surface area (Å²) in [6.45, 7) is 3.63. The van der Waals surface area contributed by atoms with Crippen LogP contribution in [0.15, 0.2) is 0 Å². The highest BCUT2D eigenvalue weighted by molar-refractivity contribution is 4.79. The highest BCUT2D eigenvalue weighted by atomic mass is 14.9. The molecule has 2 saturated carbocycles. The normalized spacial score (nSPS) is 32.6. The first kappa shape index (κ1) is 11.4. The Kier molecular flexibility index (Phi) is 4.49. The molecule has 15 heavy (non-hydrogen) atoms. The molecule has 88 valence electrons. The smallest absolute Gasteiger partial charge is 0.00673 e. The van der Waals surface area contributed by atoms with Crippen molar-refractivity contribution in [2.24, 2.45) is 11.8 Å². The van der Waals surface area contributed by atoms with E-state index in [0.29, 0.717) is 0 Å². The molecule has 2 aliphatic carbocycles. The summed E-state index contributed by atoms with van der Waals surface area (Å²) in [7, 11) is 0. The Morgan fingerprint density at radius 1 is 0.933 bits per heavy atom. The number of hydrogen-bond donors (Lipinski definition) is 1. The second-order valence-corrected chi connectivity index (χ2v) is 5.71. The van der Waals surface area contributed by atoms with Crippen molar-refractivity contribution >= 4 is 0 Å². The van der Waals surface area contributed by atoms with Gasteiger partial charge in [-0.05, 0) is 56.9 Å². The van der Waals surface area contributed by atoms with E-state index < -0.39 is 0 Å². The van der Waals surface area contributed by atoms with Crippen molar-refractivity contribution in [3.05, 3.63) is 0 Å². The molecule has 0 aromatic heterocycles. The van der Waals surface area contributed by atoms with E-state index in [1.165, 1.54) is 64.3 Å². The summed E-state index contributed by atoms with van der Waals surface area (Å²) in [4.78, 5) is 0. The Morgan fingerprint density at radius 2 is 1.67 bits per heavy atom. The van der Waals surface area contributed by atoms with Gasteiger partial charge in [0.15, 0.2) is 0 Å². The standard InChI is InChI=1S/C14H27N/c1-2-4-12-7-9-14(10-8-12)15-11-13-5-3-6-13/h12-15H,2-11H2,1H3. The zero-order valence-corrected chi connectivity index (χ0v) is 10.3. The SMILES string of the molecule is CCCC1CCC(NCC2CCC2)CC1. The minimum absolute atomic E-state index is 0.860. The minimum Gasteiger partial charge on any atom is -0.314 e. The zero-order valence-electron chi connectivity index (χ0n) is 10.3. The monoisotopic (exact) mass is 209 g/mol. The molecule has 0 aliphatic heterocycles. The van der Waals surface area contributed by atoms with Gasteiger partial charge in [0.25, 0.3) is 0 Å². The Labute approximate surface area is 95.0 Å². The lowest BCUT2D eigenvalue weighted by Crippen LogP contribution is -2.37. The number of hydrogen-bond acceptors (Lipinski definition) is 1. The molecule has 1 N–H and O–H groups in total. The van der Waals surface area contributed by atoms with Crippen LogP contribution < -0.4 is 5.32 Å². The molecule has 0 saturated heterocycles. The fraction of sp³-hybridized carbons (Fsp3) is 1.00. The van der Waals surface area contributed by atoms with Gasteiger partial charge in [0.05, 0.1) is 0 Å². The van der Waals surface area contributed by atoms with E-state index in [2.05, 4.69) is 12.2 Å². The molecule has 0 bridgehead atoms. The van der Waals surface area contributed by atoms with E-state index in [1.807, 2.05) is 0 Å². The third-order valence-electron chi connectivity index (χ3n) is 4.46. The van der Waals surface area contributed by atoms with Crippen molar-refractivity contribution in [2.75, 3.05) is 6.54 Å². The van der Waals surface area contributed by atoms with Crippen LogP contribution in [0.1, 0.15) is 64.7 Å². The topological polar surface area (TPSA) is 12.0 Å². The zero-order chi connectivity index (χ0) is 10.5. The Morgan fingerprint density at radius 3 is 2.20 bits per heavy atom. The maximum atomic E-state index is 3.79. The fourth-order valence-electron chi connectivity index (χ4n) is 3.09.